The number of aliphatic hydroxyl groups excluding tert-OH is 1. The Morgan fingerprint density at radius 2 is 2.20 bits per heavy atom. The van der Waals surface area contributed by atoms with Crippen LogP contribution >= 0.6 is 0 Å². The van der Waals surface area contributed by atoms with Gasteiger partial charge in [-0.25, -0.2) is 0 Å². The minimum atomic E-state index is -0.385. The smallest absolute Gasteiger partial charge is 0.220 e. The molecular formula is C16H23NO3. The van der Waals surface area contributed by atoms with Crippen molar-refractivity contribution < 1.29 is 14.6 Å². The van der Waals surface area contributed by atoms with Crippen LogP contribution in [0.2, 0.25) is 0 Å². The highest BCUT2D eigenvalue weighted by molar-refractivity contribution is 5.76. The molecular weight excluding hydrogens is 254 g/mol. The van der Waals surface area contributed by atoms with Crippen LogP contribution in [0.4, 0.5) is 0 Å². The van der Waals surface area contributed by atoms with Crippen LogP contribution < -0.4 is 10.1 Å². The number of hydrogen-bond donors (Lipinski definition) is 2. The summed E-state index contributed by atoms with van der Waals surface area (Å²) in [6, 6.07) is 7.69. The molecule has 1 aliphatic carbocycles. The van der Waals surface area contributed by atoms with Crippen LogP contribution in [0, 0.1) is 0 Å². The Morgan fingerprint density at radius 1 is 1.40 bits per heavy atom. The number of nitrogens with one attached hydrogen (secondary N) is 1. The SMILES string of the molecule is COc1cccc(CCC(=O)N[C@H]2CCCC[C@@H]2O)c1. The molecule has 0 unspecified atom stereocenters. The fourth-order valence-electron chi connectivity index (χ4n) is 2.64. The molecule has 1 aromatic carbocycles. The largest absolute Gasteiger partial charge is 0.497 e. The molecule has 0 bridgehead atoms. The van der Waals surface area contributed by atoms with Crippen molar-refractivity contribution in [3.05, 3.63) is 29.8 Å². The van der Waals surface area contributed by atoms with Crippen LogP contribution in [0.3, 0.4) is 0 Å². The summed E-state index contributed by atoms with van der Waals surface area (Å²) >= 11 is 0. The monoisotopic (exact) mass is 277 g/mol. The summed E-state index contributed by atoms with van der Waals surface area (Å²) in [4.78, 5) is 11.9. The lowest BCUT2D eigenvalue weighted by atomic mass is 9.92. The lowest BCUT2D eigenvalue weighted by molar-refractivity contribution is -0.123. The number of aryl methyl sites for hydroxylation is 1. The van der Waals surface area contributed by atoms with Crippen molar-refractivity contribution in [1.82, 2.24) is 5.32 Å². The van der Waals surface area contributed by atoms with Gasteiger partial charge in [0.25, 0.3) is 0 Å². The van der Waals surface area contributed by atoms with Gasteiger partial charge in [0.15, 0.2) is 0 Å². The van der Waals surface area contributed by atoms with Crippen LogP contribution in [0.15, 0.2) is 24.3 Å². The van der Waals surface area contributed by atoms with Crippen molar-refractivity contribution in [2.75, 3.05) is 7.11 Å². The summed E-state index contributed by atoms with van der Waals surface area (Å²) in [6.45, 7) is 0. The van der Waals surface area contributed by atoms with E-state index < -0.39 is 0 Å². The van der Waals surface area contributed by atoms with Gasteiger partial charge in [0.2, 0.25) is 5.91 Å². The number of methoxy groups -OCH3 is 1. The third kappa shape index (κ3) is 4.23. The maximum atomic E-state index is 11.9. The number of ether oxygens (including phenoxy) is 1. The molecule has 0 aliphatic heterocycles. The molecule has 2 atom stereocenters. The molecule has 4 nitrogen and oxygen atoms in total. The van der Waals surface area contributed by atoms with Gasteiger partial charge >= 0.3 is 0 Å². The molecule has 1 fully saturated rings. The van der Waals surface area contributed by atoms with Gasteiger partial charge in [-0.05, 0) is 37.0 Å². The van der Waals surface area contributed by atoms with Gasteiger partial charge in [0, 0.05) is 6.42 Å². The van der Waals surface area contributed by atoms with Crippen LogP contribution in [0.25, 0.3) is 0 Å². The summed E-state index contributed by atoms with van der Waals surface area (Å²) in [6.07, 6.45) is 4.55. The molecule has 1 saturated carbocycles. The first kappa shape index (κ1) is 14.9. The molecule has 110 valence electrons. The standard InChI is InChI=1S/C16H23NO3/c1-20-13-6-4-5-12(11-13)9-10-16(19)17-14-7-2-3-8-15(14)18/h4-6,11,14-15,18H,2-3,7-10H2,1H3,(H,17,19)/t14-,15-/m0/s1. The van der Waals surface area contributed by atoms with E-state index in [9.17, 15) is 9.90 Å². The maximum absolute atomic E-state index is 11.9. The van der Waals surface area contributed by atoms with Crippen molar-refractivity contribution >= 4 is 5.91 Å². The first-order valence-electron chi connectivity index (χ1n) is 7.29. The van der Waals surface area contributed by atoms with Gasteiger partial charge in [-0.1, -0.05) is 25.0 Å². The van der Waals surface area contributed by atoms with Crippen molar-refractivity contribution in [2.24, 2.45) is 0 Å². The molecule has 0 heterocycles. The zero-order valence-electron chi connectivity index (χ0n) is 12.0. The number of amides is 1. The summed E-state index contributed by atoms with van der Waals surface area (Å²) in [7, 11) is 1.64. The predicted octanol–water partition coefficient (Wildman–Crippen LogP) is 2.05. The first-order valence-corrected chi connectivity index (χ1v) is 7.29. The zero-order valence-corrected chi connectivity index (χ0v) is 12.0. The van der Waals surface area contributed by atoms with E-state index in [2.05, 4.69) is 5.32 Å². The summed E-state index contributed by atoms with van der Waals surface area (Å²) in [5, 5.41) is 12.8. The average molecular weight is 277 g/mol. The normalized spacial score (nSPS) is 22.3. The van der Waals surface area contributed by atoms with E-state index in [0.29, 0.717) is 12.8 Å². The van der Waals surface area contributed by atoms with Gasteiger partial charge in [0.1, 0.15) is 5.75 Å². The fourth-order valence-corrected chi connectivity index (χ4v) is 2.64. The Kier molecular flexibility index (Phi) is 5.41. The summed E-state index contributed by atoms with van der Waals surface area (Å²) in [5.41, 5.74) is 1.09. The van der Waals surface area contributed by atoms with Crippen molar-refractivity contribution in [1.29, 1.82) is 0 Å². The second-order valence-corrected chi connectivity index (χ2v) is 5.38. The molecule has 0 spiro atoms. The van der Waals surface area contributed by atoms with E-state index in [0.717, 1.165) is 37.0 Å². The van der Waals surface area contributed by atoms with Gasteiger partial charge < -0.3 is 15.2 Å². The molecule has 20 heavy (non-hydrogen) atoms. The van der Waals surface area contributed by atoms with E-state index in [-0.39, 0.29) is 18.1 Å². The topological polar surface area (TPSA) is 58.6 Å². The highest BCUT2D eigenvalue weighted by Crippen LogP contribution is 2.19. The molecule has 1 amide bonds. The van der Waals surface area contributed by atoms with Crippen LogP contribution in [0.1, 0.15) is 37.7 Å². The quantitative estimate of drug-likeness (QED) is 0.866. The Morgan fingerprint density at radius 3 is 2.95 bits per heavy atom. The van der Waals surface area contributed by atoms with E-state index in [1.807, 2.05) is 24.3 Å². The van der Waals surface area contributed by atoms with Gasteiger partial charge in [-0.2, -0.15) is 0 Å². The summed E-state index contributed by atoms with van der Waals surface area (Å²) < 4.78 is 5.16. The number of carbonyl (C=O) groups excluding carboxylic acids is 1. The molecule has 4 heteroatoms. The molecule has 2 rings (SSSR count). The van der Waals surface area contributed by atoms with Gasteiger partial charge in [-0.15, -0.1) is 0 Å². The van der Waals surface area contributed by atoms with Crippen LogP contribution in [-0.2, 0) is 11.2 Å². The third-order valence-corrected chi connectivity index (χ3v) is 3.85. The van der Waals surface area contributed by atoms with Crippen LogP contribution in [0.5, 0.6) is 5.75 Å². The Hall–Kier alpha value is -1.55. The molecule has 1 aliphatic rings. The molecule has 0 radical (unpaired) electrons. The second-order valence-electron chi connectivity index (χ2n) is 5.38. The Balaban J connectivity index is 1.79. The van der Waals surface area contributed by atoms with Gasteiger partial charge in [-0.3, -0.25) is 4.79 Å². The van der Waals surface area contributed by atoms with Gasteiger partial charge in [0.05, 0.1) is 19.3 Å². The highest BCUT2D eigenvalue weighted by atomic mass is 16.5. The molecule has 1 aromatic rings. The van der Waals surface area contributed by atoms with Crippen molar-refractivity contribution in [2.45, 2.75) is 50.7 Å². The number of benzene rings is 1. The number of carbonyl (C=O) groups is 1. The lowest BCUT2D eigenvalue weighted by Gasteiger charge is -2.28. The highest BCUT2D eigenvalue weighted by Gasteiger charge is 2.24. The maximum Gasteiger partial charge on any atom is 0.220 e. The predicted molar refractivity (Wildman–Crippen MR) is 77.7 cm³/mol. The molecule has 0 saturated heterocycles. The van der Waals surface area contributed by atoms with Crippen molar-refractivity contribution in [3.63, 3.8) is 0 Å². The minimum absolute atomic E-state index is 0.0127. The van der Waals surface area contributed by atoms with Crippen LogP contribution in [-0.4, -0.2) is 30.3 Å². The van der Waals surface area contributed by atoms with Crippen molar-refractivity contribution in [3.8, 4) is 5.75 Å². The number of aliphatic hydroxyl groups is 1. The second kappa shape index (κ2) is 7.29. The summed E-state index contributed by atoms with van der Waals surface area (Å²) in [5.74, 6) is 0.824. The number of hydrogen-bond acceptors (Lipinski definition) is 3. The average Bonchev–Trinajstić information content (AvgIpc) is 2.48. The molecule has 2 N–H and O–H groups in total. The Labute approximate surface area is 120 Å². The fraction of sp³-hybridized carbons (Fsp3) is 0.562. The van der Waals surface area contributed by atoms with E-state index in [4.69, 9.17) is 4.74 Å². The first-order chi connectivity index (χ1) is 9.69. The number of rotatable bonds is 5. The van der Waals surface area contributed by atoms with E-state index >= 15 is 0 Å². The van der Waals surface area contributed by atoms with E-state index in [1.165, 1.54) is 0 Å². The van der Waals surface area contributed by atoms with E-state index in [1.54, 1.807) is 7.11 Å². The lowest BCUT2D eigenvalue weighted by Crippen LogP contribution is -2.45. The zero-order chi connectivity index (χ0) is 14.4. The molecule has 0 aromatic heterocycles. The Bertz CT molecular complexity index is 447. The minimum Gasteiger partial charge on any atom is -0.497 e. The third-order valence-electron chi connectivity index (χ3n) is 3.85.